The molecule has 0 aliphatic carbocycles. The lowest BCUT2D eigenvalue weighted by Crippen LogP contribution is -2.07. The molecule has 0 atom stereocenters. The van der Waals surface area contributed by atoms with Crippen LogP contribution in [0, 0.1) is 11.6 Å². The summed E-state index contributed by atoms with van der Waals surface area (Å²) in [4.78, 5) is 19.6. The zero-order valence-corrected chi connectivity index (χ0v) is 16.1. The summed E-state index contributed by atoms with van der Waals surface area (Å²) < 4.78 is 26.6. The quantitative estimate of drug-likeness (QED) is 0.288. The number of rotatable bonds is 7. The molecular formula is C20H15ClF2N6O. The van der Waals surface area contributed by atoms with Crippen LogP contribution >= 0.6 is 11.6 Å². The molecule has 0 saturated heterocycles. The molecule has 0 bridgehead atoms. The Labute approximate surface area is 175 Å². The maximum absolute atomic E-state index is 13.6. The number of amides is 1. The highest BCUT2D eigenvalue weighted by Crippen LogP contribution is 2.25. The van der Waals surface area contributed by atoms with Gasteiger partial charge in [0.25, 0.3) is 0 Å². The minimum atomic E-state index is -0.747. The molecule has 0 aliphatic heterocycles. The summed E-state index contributed by atoms with van der Waals surface area (Å²) >= 11 is 6.14. The van der Waals surface area contributed by atoms with Crippen LogP contribution in [0.4, 0.5) is 31.9 Å². The van der Waals surface area contributed by atoms with Gasteiger partial charge in [-0.15, -0.1) is 0 Å². The van der Waals surface area contributed by atoms with Crippen LogP contribution in [0.2, 0.25) is 5.02 Å². The second-order valence-electron chi connectivity index (χ2n) is 5.83. The first-order chi connectivity index (χ1) is 14.4. The largest absolute Gasteiger partial charge is 0.339 e. The van der Waals surface area contributed by atoms with Crippen LogP contribution in [-0.4, -0.2) is 22.1 Å². The van der Waals surface area contributed by atoms with Crippen molar-refractivity contribution in [3.05, 3.63) is 83.5 Å². The highest BCUT2D eigenvalue weighted by atomic mass is 35.5. The third-order valence-corrected chi connectivity index (χ3v) is 3.93. The molecule has 1 heterocycles. The predicted octanol–water partition coefficient (Wildman–Crippen LogP) is 4.72. The fraction of sp³-hybridized carbons (Fsp3) is 0. The fourth-order valence-electron chi connectivity index (χ4n) is 2.28. The van der Waals surface area contributed by atoms with Gasteiger partial charge >= 0.3 is 0 Å². The summed E-state index contributed by atoms with van der Waals surface area (Å²) in [5.41, 5.74) is 3.81. The average molecular weight is 429 g/mol. The molecular weight excluding hydrogens is 414 g/mol. The number of aromatic nitrogens is 2. The van der Waals surface area contributed by atoms with Gasteiger partial charge in [0.1, 0.15) is 16.7 Å². The summed E-state index contributed by atoms with van der Waals surface area (Å²) in [6, 6.07) is 10.0. The Hall–Kier alpha value is -3.85. The molecule has 1 aromatic heterocycles. The van der Waals surface area contributed by atoms with E-state index in [2.05, 4.69) is 37.7 Å². The number of carbonyl (C=O) groups is 1. The molecule has 0 radical (unpaired) electrons. The molecule has 152 valence electrons. The number of hydrogen-bond donors (Lipinski definition) is 3. The van der Waals surface area contributed by atoms with Crippen LogP contribution < -0.4 is 16.1 Å². The smallest absolute Gasteiger partial charge is 0.247 e. The van der Waals surface area contributed by atoms with Gasteiger partial charge in [-0.2, -0.15) is 10.1 Å². The molecule has 0 fully saturated rings. The summed E-state index contributed by atoms with van der Waals surface area (Å²) in [6.45, 7) is 3.40. The standard InChI is InChI=1S/C20H15ClF2N6O/c1-2-18(30)26-14-4-3-5-15(9-14)27-19-16(21)11-24-20(28-19)29-25-10-12-6-7-13(22)8-17(12)23/h2-11H,1H2,(H,26,30)(H2,24,27,28,29)/b25-10+. The molecule has 3 rings (SSSR count). The van der Waals surface area contributed by atoms with E-state index in [1.54, 1.807) is 24.3 Å². The Morgan fingerprint density at radius 3 is 2.73 bits per heavy atom. The number of hydrogen-bond acceptors (Lipinski definition) is 6. The van der Waals surface area contributed by atoms with E-state index in [1.165, 1.54) is 18.5 Å². The summed E-state index contributed by atoms with van der Waals surface area (Å²) in [7, 11) is 0. The Morgan fingerprint density at radius 1 is 1.17 bits per heavy atom. The molecule has 3 aromatic rings. The third kappa shape index (κ3) is 5.58. The Kier molecular flexibility index (Phi) is 6.66. The molecule has 0 aliphatic rings. The van der Waals surface area contributed by atoms with Crippen LogP contribution in [0.1, 0.15) is 5.56 Å². The molecule has 0 unspecified atom stereocenters. The molecule has 7 nitrogen and oxygen atoms in total. The average Bonchev–Trinajstić information content (AvgIpc) is 2.72. The van der Waals surface area contributed by atoms with Crippen molar-refractivity contribution < 1.29 is 13.6 Å². The molecule has 1 amide bonds. The maximum Gasteiger partial charge on any atom is 0.247 e. The lowest BCUT2D eigenvalue weighted by Gasteiger charge is -2.10. The minimum absolute atomic E-state index is 0.0922. The predicted molar refractivity (Wildman–Crippen MR) is 113 cm³/mol. The lowest BCUT2D eigenvalue weighted by atomic mass is 10.2. The van der Waals surface area contributed by atoms with Crippen molar-refractivity contribution >= 4 is 46.9 Å². The van der Waals surface area contributed by atoms with Crippen LogP contribution in [0.3, 0.4) is 0 Å². The van der Waals surface area contributed by atoms with Gasteiger partial charge in [0, 0.05) is 23.0 Å². The minimum Gasteiger partial charge on any atom is -0.339 e. The van der Waals surface area contributed by atoms with Gasteiger partial charge in [-0.25, -0.2) is 19.2 Å². The summed E-state index contributed by atoms with van der Waals surface area (Å²) in [5, 5.41) is 9.75. The summed E-state index contributed by atoms with van der Waals surface area (Å²) in [6.07, 6.45) is 3.69. The molecule has 3 N–H and O–H groups in total. The second kappa shape index (κ2) is 9.57. The topological polar surface area (TPSA) is 91.3 Å². The first-order valence-corrected chi connectivity index (χ1v) is 8.89. The van der Waals surface area contributed by atoms with Crippen LogP contribution in [-0.2, 0) is 4.79 Å². The number of benzene rings is 2. The fourth-order valence-corrected chi connectivity index (χ4v) is 2.42. The van der Waals surface area contributed by atoms with E-state index < -0.39 is 11.6 Å². The highest BCUT2D eigenvalue weighted by molar-refractivity contribution is 6.32. The van der Waals surface area contributed by atoms with E-state index in [0.29, 0.717) is 11.4 Å². The van der Waals surface area contributed by atoms with Crippen molar-refractivity contribution in [2.24, 2.45) is 5.10 Å². The van der Waals surface area contributed by atoms with Crippen molar-refractivity contribution in [1.29, 1.82) is 0 Å². The number of halogens is 3. The maximum atomic E-state index is 13.6. The van der Waals surface area contributed by atoms with Gasteiger partial charge in [-0.1, -0.05) is 24.2 Å². The van der Waals surface area contributed by atoms with Gasteiger partial charge in [-0.3, -0.25) is 4.79 Å². The van der Waals surface area contributed by atoms with Crippen molar-refractivity contribution in [1.82, 2.24) is 9.97 Å². The van der Waals surface area contributed by atoms with Gasteiger partial charge in [-0.05, 0) is 36.4 Å². The Bertz CT molecular complexity index is 1120. The summed E-state index contributed by atoms with van der Waals surface area (Å²) in [5.74, 6) is -1.39. The number of nitrogens with zero attached hydrogens (tertiary/aromatic N) is 3. The van der Waals surface area contributed by atoms with Gasteiger partial charge in [0.05, 0.1) is 12.4 Å². The van der Waals surface area contributed by atoms with Gasteiger partial charge < -0.3 is 10.6 Å². The van der Waals surface area contributed by atoms with Crippen LogP contribution in [0.25, 0.3) is 0 Å². The number of anilines is 4. The second-order valence-corrected chi connectivity index (χ2v) is 6.23. The monoisotopic (exact) mass is 428 g/mol. The Morgan fingerprint density at radius 2 is 1.97 bits per heavy atom. The zero-order chi connectivity index (χ0) is 21.5. The van der Waals surface area contributed by atoms with Crippen molar-refractivity contribution in [3.8, 4) is 0 Å². The van der Waals surface area contributed by atoms with Crippen molar-refractivity contribution in [3.63, 3.8) is 0 Å². The number of carbonyl (C=O) groups excluding carboxylic acids is 1. The van der Waals surface area contributed by atoms with E-state index in [-0.39, 0.29) is 28.3 Å². The molecule has 0 saturated carbocycles. The van der Waals surface area contributed by atoms with Crippen LogP contribution in [0.5, 0.6) is 0 Å². The highest BCUT2D eigenvalue weighted by Gasteiger charge is 2.07. The molecule has 10 heteroatoms. The molecule has 0 spiro atoms. The first-order valence-electron chi connectivity index (χ1n) is 8.52. The molecule has 2 aromatic carbocycles. The van der Waals surface area contributed by atoms with Crippen LogP contribution in [0.15, 0.2) is 66.4 Å². The van der Waals surface area contributed by atoms with Crippen molar-refractivity contribution in [2.75, 3.05) is 16.1 Å². The van der Waals surface area contributed by atoms with E-state index in [4.69, 9.17) is 11.6 Å². The first kappa shape index (κ1) is 20.9. The molecule has 30 heavy (non-hydrogen) atoms. The van der Waals surface area contributed by atoms with E-state index in [9.17, 15) is 13.6 Å². The zero-order valence-electron chi connectivity index (χ0n) is 15.4. The van der Waals surface area contributed by atoms with E-state index in [1.807, 2.05) is 0 Å². The van der Waals surface area contributed by atoms with Gasteiger partial charge in [0.15, 0.2) is 5.82 Å². The Balaban J connectivity index is 1.72. The SMILES string of the molecule is C=CC(=O)Nc1cccc(Nc2nc(N/N=C/c3ccc(F)cc3F)ncc2Cl)c1. The normalized spacial score (nSPS) is 10.6. The van der Waals surface area contributed by atoms with E-state index in [0.717, 1.165) is 18.2 Å². The number of nitrogens with one attached hydrogen (secondary N) is 3. The number of hydrazone groups is 1. The van der Waals surface area contributed by atoms with Crippen molar-refractivity contribution in [2.45, 2.75) is 0 Å². The lowest BCUT2D eigenvalue weighted by molar-refractivity contribution is -0.111. The third-order valence-electron chi connectivity index (χ3n) is 3.65. The van der Waals surface area contributed by atoms with E-state index >= 15 is 0 Å². The van der Waals surface area contributed by atoms with Gasteiger partial charge in [0.2, 0.25) is 11.9 Å².